The van der Waals surface area contributed by atoms with E-state index in [4.69, 9.17) is 4.74 Å². The molecule has 1 aliphatic rings. The Morgan fingerprint density at radius 1 is 0.964 bits per heavy atom. The number of aryl methyl sites for hydroxylation is 1. The molecule has 0 aliphatic carbocycles. The molecule has 1 aliphatic heterocycles. The summed E-state index contributed by atoms with van der Waals surface area (Å²) >= 11 is 0. The maximum atomic E-state index is 5.42. The Labute approximate surface area is 165 Å². The molecular formula is C21H24N6O. The lowest BCUT2D eigenvalue weighted by atomic mass is 10.2. The standard InChI is InChI=1S/C21H24N6O/c1-16-8-9-19(28-2)18(14-16)23-21-24-20(15-22-25-21)27-12-10-26(11-13-27)17-6-4-3-5-7-17/h3-9,14-15H,10-13H2,1-2H3,(H,23,24,25). The van der Waals surface area contributed by atoms with Crippen molar-refractivity contribution in [3.63, 3.8) is 0 Å². The van der Waals surface area contributed by atoms with Gasteiger partial charge in [-0.15, -0.1) is 5.10 Å². The molecule has 1 N–H and O–H groups in total. The van der Waals surface area contributed by atoms with Crippen LogP contribution in [0.2, 0.25) is 0 Å². The van der Waals surface area contributed by atoms with Crippen molar-refractivity contribution in [2.45, 2.75) is 6.92 Å². The van der Waals surface area contributed by atoms with E-state index < -0.39 is 0 Å². The Balaban J connectivity index is 1.45. The van der Waals surface area contributed by atoms with E-state index in [0.717, 1.165) is 49.0 Å². The second-order valence-electron chi connectivity index (χ2n) is 6.78. The van der Waals surface area contributed by atoms with Crippen LogP contribution in [-0.4, -0.2) is 48.5 Å². The lowest BCUT2D eigenvalue weighted by molar-refractivity contribution is 0.416. The van der Waals surface area contributed by atoms with Crippen molar-refractivity contribution < 1.29 is 4.74 Å². The second-order valence-corrected chi connectivity index (χ2v) is 6.78. The summed E-state index contributed by atoms with van der Waals surface area (Å²) in [5.74, 6) is 2.04. The number of methoxy groups -OCH3 is 1. The van der Waals surface area contributed by atoms with Gasteiger partial charge in [-0.1, -0.05) is 24.3 Å². The van der Waals surface area contributed by atoms with E-state index in [-0.39, 0.29) is 0 Å². The van der Waals surface area contributed by atoms with Gasteiger partial charge in [0.05, 0.1) is 19.0 Å². The fourth-order valence-corrected chi connectivity index (χ4v) is 3.37. The van der Waals surface area contributed by atoms with E-state index in [2.05, 4.69) is 54.6 Å². The number of aromatic nitrogens is 3. The largest absolute Gasteiger partial charge is 0.495 e. The molecule has 3 aromatic rings. The van der Waals surface area contributed by atoms with Gasteiger partial charge in [0.25, 0.3) is 0 Å². The summed E-state index contributed by atoms with van der Waals surface area (Å²) in [5.41, 5.74) is 3.22. The Kier molecular flexibility index (Phi) is 5.23. The van der Waals surface area contributed by atoms with Gasteiger partial charge in [-0.05, 0) is 36.8 Å². The summed E-state index contributed by atoms with van der Waals surface area (Å²) in [4.78, 5) is 9.30. The van der Waals surface area contributed by atoms with E-state index in [1.807, 2.05) is 31.2 Å². The monoisotopic (exact) mass is 376 g/mol. The first-order chi connectivity index (χ1) is 13.7. The van der Waals surface area contributed by atoms with Crippen LogP contribution >= 0.6 is 0 Å². The number of hydrogen-bond donors (Lipinski definition) is 1. The van der Waals surface area contributed by atoms with Crippen LogP contribution in [0.25, 0.3) is 0 Å². The normalized spacial score (nSPS) is 14.1. The Bertz CT molecular complexity index is 925. The van der Waals surface area contributed by atoms with Crippen molar-refractivity contribution >= 4 is 23.1 Å². The van der Waals surface area contributed by atoms with Crippen molar-refractivity contribution in [3.05, 3.63) is 60.3 Å². The number of nitrogens with one attached hydrogen (secondary N) is 1. The van der Waals surface area contributed by atoms with Crippen molar-refractivity contribution in [1.82, 2.24) is 15.2 Å². The second kappa shape index (κ2) is 8.12. The molecule has 1 saturated heterocycles. The first kappa shape index (κ1) is 18.0. The molecule has 2 aromatic carbocycles. The number of para-hydroxylation sites is 1. The molecule has 7 heteroatoms. The molecule has 28 heavy (non-hydrogen) atoms. The summed E-state index contributed by atoms with van der Waals surface area (Å²) in [5, 5.41) is 11.5. The number of nitrogens with zero attached hydrogens (tertiary/aromatic N) is 5. The van der Waals surface area contributed by atoms with Gasteiger partial charge in [0, 0.05) is 31.9 Å². The molecule has 0 bridgehead atoms. The van der Waals surface area contributed by atoms with Gasteiger partial charge in [0.15, 0.2) is 5.82 Å². The topological polar surface area (TPSA) is 66.4 Å². The van der Waals surface area contributed by atoms with E-state index in [0.29, 0.717) is 5.95 Å². The number of rotatable bonds is 5. The smallest absolute Gasteiger partial charge is 0.249 e. The van der Waals surface area contributed by atoms with Crippen LogP contribution < -0.4 is 19.9 Å². The van der Waals surface area contributed by atoms with Gasteiger partial charge in [0.2, 0.25) is 5.95 Å². The minimum absolute atomic E-state index is 0.465. The molecule has 0 saturated carbocycles. The zero-order chi connectivity index (χ0) is 19.3. The predicted octanol–water partition coefficient (Wildman–Crippen LogP) is 3.26. The number of hydrogen-bond acceptors (Lipinski definition) is 7. The fourth-order valence-electron chi connectivity index (χ4n) is 3.37. The SMILES string of the molecule is COc1ccc(C)cc1Nc1nncc(N2CCN(c3ccccc3)CC2)n1. The van der Waals surface area contributed by atoms with E-state index in [1.54, 1.807) is 13.3 Å². The lowest BCUT2D eigenvalue weighted by Crippen LogP contribution is -2.46. The minimum Gasteiger partial charge on any atom is -0.495 e. The van der Waals surface area contributed by atoms with E-state index in [9.17, 15) is 0 Å². The predicted molar refractivity (Wildman–Crippen MR) is 112 cm³/mol. The first-order valence-electron chi connectivity index (χ1n) is 9.39. The molecule has 0 atom stereocenters. The summed E-state index contributed by atoms with van der Waals surface area (Å²) in [7, 11) is 1.65. The highest BCUT2D eigenvalue weighted by Crippen LogP contribution is 2.28. The summed E-state index contributed by atoms with van der Waals surface area (Å²) in [6.07, 6.45) is 1.72. The molecule has 0 unspecified atom stereocenters. The van der Waals surface area contributed by atoms with Crippen LogP contribution in [-0.2, 0) is 0 Å². The Morgan fingerprint density at radius 2 is 1.71 bits per heavy atom. The Hall–Kier alpha value is -3.35. The van der Waals surface area contributed by atoms with Gasteiger partial charge in [-0.25, -0.2) is 0 Å². The van der Waals surface area contributed by atoms with E-state index >= 15 is 0 Å². The van der Waals surface area contributed by atoms with Crippen LogP contribution in [0.15, 0.2) is 54.7 Å². The van der Waals surface area contributed by atoms with Crippen LogP contribution in [0.3, 0.4) is 0 Å². The highest BCUT2D eigenvalue weighted by Gasteiger charge is 2.19. The van der Waals surface area contributed by atoms with Gasteiger partial charge in [-0.3, -0.25) is 0 Å². The highest BCUT2D eigenvalue weighted by atomic mass is 16.5. The van der Waals surface area contributed by atoms with E-state index in [1.165, 1.54) is 5.69 Å². The zero-order valence-corrected chi connectivity index (χ0v) is 16.2. The molecule has 0 radical (unpaired) electrons. The average molecular weight is 376 g/mol. The third-order valence-electron chi connectivity index (χ3n) is 4.87. The summed E-state index contributed by atoms with van der Waals surface area (Å²) in [6, 6.07) is 16.4. The minimum atomic E-state index is 0.465. The van der Waals surface area contributed by atoms with Crippen molar-refractivity contribution in [2.75, 3.05) is 48.4 Å². The number of benzene rings is 2. The molecule has 2 heterocycles. The van der Waals surface area contributed by atoms with Crippen LogP contribution in [0, 0.1) is 6.92 Å². The lowest BCUT2D eigenvalue weighted by Gasteiger charge is -2.36. The molecule has 0 amide bonds. The Morgan fingerprint density at radius 3 is 2.46 bits per heavy atom. The van der Waals surface area contributed by atoms with Crippen LogP contribution in [0.1, 0.15) is 5.56 Å². The summed E-state index contributed by atoms with van der Waals surface area (Å²) < 4.78 is 5.42. The van der Waals surface area contributed by atoms with Gasteiger partial charge < -0.3 is 19.9 Å². The zero-order valence-electron chi connectivity index (χ0n) is 16.2. The highest BCUT2D eigenvalue weighted by molar-refractivity contribution is 5.64. The number of ether oxygens (including phenoxy) is 1. The van der Waals surface area contributed by atoms with Crippen LogP contribution in [0.4, 0.5) is 23.1 Å². The van der Waals surface area contributed by atoms with Crippen LogP contribution in [0.5, 0.6) is 5.75 Å². The van der Waals surface area contributed by atoms with Gasteiger partial charge >= 0.3 is 0 Å². The third kappa shape index (κ3) is 3.98. The molecule has 7 nitrogen and oxygen atoms in total. The quantitative estimate of drug-likeness (QED) is 0.733. The number of piperazine rings is 1. The molecule has 0 spiro atoms. The first-order valence-corrected chi connectivity index (χ1v) is 9.39. The molecule has 4 rings (SSSR count). The maximum absolute atomic E-state index is 5.42. The summed E-state index contributed by atoms with van der Waals surface area (Å²) in [6.45, 7) is 5.71. The fraction of sp³-hybridized carbons (Fsp3) is 0.286. The molecule has 144 valence electrons. The number of anilines is 4. The van der Waals surface area contributed by atoms with Crippen molar-refractivity contribution in [1.29, 1.82) is 0 Å². The average Bonchev–Trinajstić information content (AvgIpc) is 2.75. The maximum Gasteiger partial charge on any atom is 0.249 e. The third-order valence-corrected chi connectivity index (χ3v) is 4.87. The molecular weight excluding hydrogens is 352 g/mol. The van der Waals surface area contributed by atoms with Crippen molar-refractivity contribution in [2.24, 2.45) is 0 Å². The van der Waals surface area contributed by atoms with Gasteiger partial charge in [0.1, 0.15) is 5.75 Å². The molecule has 1 fully saturated rings. The van der Waals surface area contributed by atoms with Gasteiger partial charge in [-0.2, -0.15) is 10.1 Å². The van der Waals surface area contributed by atoms with Crippen molar-refractivity contribution in [3.8, 4) is 5.75 Å². The molecule has 1 aromatic heterocycles.